The van der Waals surface area contributed by atoms with Crippen LogP contribution in [0.25, 0.3) is 22.1 Å². The maximum absolute atomic E-state index is 13.9. The van der Waals surface area contributed by atoms with Crippen molar-refractivity contribution < 1.29 is 34.1 Å². The number of carbonyl (C=O) groups is 4. The minimum absolute atomic E-state index is 0.0248. The standard InChI is InChI=1S/C38H44N12O7/c1-5-10-47-26-8-7-21(33(39)53)15-24(26)41-37(47)43-35(55)27-14-19(3)45-50(27)11-9-28(51)29(52)18-23-20(4)46-49(6-2)31(23)36(56)44-38-42-25-16-22(34(40)54)17-30-32(25)48(38)12-13-57-30/h7-8,14-17,28-29,51-52H,5-6,9-13,18H2,1-4H3,(H2,39,53)(H2,40,54)(H,41,43,55)(H,42,44,56). The molecule has 19 heteroatoms. The summed E-state index contributed by atoms with van der Waals surface area (Å²) in [5, 5.41) is 37.2. The summed E-state index contributed by atoms with van der Waals surface area (Å²) in [7, 11) is 0. The van der Waals surface area contributed by atoms with E-state index < -0.39 is 35.8 Å². The number of nitrogens with two attached hydrogens (primary N) is 2. The number of anilines is 2. The summed E-state index contributed by atoms with van der Waals surface area (Å²) >= 11 is 0. The molecule has 4 aromatic heterocycles. The third-order valence-electron chi connectivity index (χ3n) is 9.99. The van der Waals surface area contributed by atoms with E-state index in [1.165, 1.54) is 9.36 Å². The van der Waals surface area contributed by atoms with Crippen LogP contribution in [-0.2, 0) is 32.6 Å². The number of benzene rings is 2. The molecule has 8 N–H and O–H groups in total. The molecule has 0 bridgehead atoms. The molecule has 4 amide bonds. The van der Waals surface area contributed by atoms with Crippen LogP contribution in [0.5, 0.6) is 5.75 Å². The predicted octanol–water partition coefficient (Wildman–Crippen LogP) is 2.28. The van der Waals surface area contributed by atoms with E-state index in [1.54, 1.807) is 54.8 Å². The fourth-order valence-corrected chi connectivity index (χ4v) is 7.23. The first-order chi connectivity index (χ1) is 27.3. The molecule has 2 unspecified atom stereocenters. The second kappa shape index (κ2) is 15.5. The highest BCUT2D eigenvalue weighted by atomic mass is 16.5. The molecule has 6 aromatic rings. The minimum atomic E-state index is -1.31. The molecular formula is C38H44N12O7. The van der Waals surface area contributed by atoms with Crippen molar-refractivity contribution in [1.82, 2.24) is 38.7 Å². The molecular weight excluding hydrogens is 736 g/mol. The van der Waals surface area contributed by atoms with Gasteiger partial charge in [-0.2, -0.15) is 10.2 Å². The highest BCUT2D eigenvalue weighted by Gasteiger charge is 2.29. The number of fused-ring (bicyclic) bond motifs is 1. The van der Waals surface area contributed by atoms with E-state index in [0.717, 1.165) is 11.9 Å². The van der Waals surface area contributed by atoms with E-state index in [-0.39, 0.29) is 48.9 Å². The van der Waals surface area contributed by atoms with Crippen LogP contribution in [0, 0.1) is 13.8 Å². The summed E-state index contributed by atoms with van der Waals surface area (Å²) in [6, 6.07) is 9.64. The second-order valence-corrected chi connectivity index (χ2v) is 14.0. The van der Waals surface area contributed by atoms with Gasteiger partial charge in [0.05, 0.1) is 46.7 Å². The Morgan fingerprint density at radius 1 is 0.860 bits per heavy atom. The fraction of sp³-hybridized carbons (Fsp3) is 0.368. The lowest BCUT2D eigenvalue weighted by atomic mass is 9.99. The number of nitrogens with one attached hydrogen (secondary N) is 2. The van der Waals surface area contributed by atoms with Crippen molar-refractivity contribution >= 4 is 57.6 Å². The first kappa shape index (κ1) is 38.7. The normalized spacial score (nSPS) is 13.4. The number of aliphatic hydroxyl groups excluding tert-OH is 2. The number of aliphatic hydroxyl groups is 2. The predicted molar refractivity (Wildman–Crippen MR) is 208 cm³/mol. The number of aryl methyl sites for hydroxylation is 5. The number of ether oxygens (including phenoxy) is 1. The molecule has 5 heterocycles. The number of hydrogen-bond donors (Lipinski definition) is 6. The van der Waals surface area contributed by atoms with Gasteiger partial charge in [-0.05, 0) is 70.0 Å². The number of amides is 4. The molecule has 57 heavy (non-hydrogen) atoms. The number of carbonyl (C=O) groups excluding carboxylic acids is 4. The van der Waals surface area contributed by atoms with E-state index >= 15 is 0 Å². The van der Waals surface area contributed by atoms with Gasteiger partial charge < -0.3 is 35.6 Å². The number of nitrogens with zero attached hydrogens (tertiary/aromatic N) is 8. The van der Waals surface area contributed by atoms with Gasteiger partial charge in [-0.25, -0.2) is 9.97 Å². The van der Waals surface area contributed by atoms with Crippen LogP contribution in [0.1, 0.15) is 85.3 Å². The molecule has 1 aliphatic heterocycles. The summed E-state index contributed by atoms with van der Waals surface area (Å²) in [6.07, 6.45) is -1.88. The Morgan fingerprint density at radius 2 is 1.58 bits per heavy atom. The van der Waals surface area contributed by atoms with Crippen LogP contribution in [-0.4, -0.2) is 91.3 Å². The Hall–Kier alpha value is -6.60. The van der Waals surface area contributed by atoms with Gasteiger partial charge in [0.15, 0.2) is 0 Å². The highest BCUT2D eigenvalue weighted by molar-refractivity contribution is 6.05. The van der Waals surface area contributed by atoms with Gasteiger partial charge >= 0.3 is 0 Å². The summed E-state index contributed by atoms with van der Waals surface area (Å²) in [6.45, 7) is 8.98. The van der Waals surface area contributed by atoms with Crippen molar-refractivity contribution in [2.75, 3.05) is 17.2 Å². The highest BCUT2D eigenvalue weighted by Crippen LogP contribution is 2.33. The van der Waals surface area contributed by atoms with Crippen molar-refractivity contribution in [1.29, 1.82) is 0 Å². The third kappa shape index (κ3) is 7.41. The van der Waals surface area contributed by atoms with Crippen molar-refractivity contribution in [3.8, 4) is 5.75 Å². The van der Waals surface area contributed by atoms with Gasteiger partial charge in [-0.3, -0.25) is 39.2 Å². The second-order valence-electron chi connectivity index (χ2n) is 14.0. The van der Waals surface area contributed by atoms with E-state index in [9.17, 15) is 29.4 Å². The van der Waals surface area contributed by atoms with Gasteiger partial charge in [0, 0.05) is 42.7 Å². The van der Waals surface area contributed by atoms with Crippen LogP contribution >= 0.6 is 0 Å². The Morgan fingerprint density at radius 3 is 2.30 bits per heavy atom. The molecule has 2 atom stereocenters. The molecule has 2 aromatic carbocycles. The Kier molecular flexibility index (Phi) is 10.5. The Balaban J connectivity index is 1.06. The van der Waals surface area contributed by atoms with Gasteiger partial charge in [0.25, 0.3) is 11.8 Å². The first-order valence-electron chi connectivity index (χ1n) is 18.6. The Bertz CT molecular complexity index is 2560. The van der Waals surface area contributed by atoms with E-state index in [1.807, 2.05) is 18.4 Å². The van der Waals surface area contributed by atoms with Gasteiger partial charge in [-0.1, -0.05) is 6.92 Å². The Labute approximate surface area is 325 Å². The molecule has 0 spiro atoms. The van der Waals surface area contributed by atoms with Crippen LogP contribution in [0.2, 0.25) is 0 Å². The van der Waals surface area contributed by atoms with Crippen LogP contribution in [0.3, 0.4) is 0 Å². The summed E-state index contributed by atoms with van der Waals surface area (Å²) in [5.41, 5.74) is 15.7. The zero-order valence-electron chi connectivity index (χ0n) is 31.9. The van der Waals surface area contributed by atoms with Gasteiger partial charge in [-0.15, -0.1) is 0 Å². The lowest BCUT2D eigenvalue weighted by molar-refractivity contribution is 0.0120. The van der Waals surface area contributed by atoms with Gasteiger partial charge in [0.1, 0.15) is 29.3 Å². The molecule has 0 saturated carbocycles. The van der Waals surface area contributed by atoms with Crippen molar-refractivity contribution in [2.24, 2.45) is 11.5 Å². The van der Waals surface area contributed by atoms with Gasteiger partial charge in [0.2, 0.25) is 23.7 Å². The summed E-state index contributed by atoms with van der Waals surface area (Å²) in [5.74, 6) is -1.26. The first-order valence-corrected chi connectivity index (χ1v) is 18.6. The smallest absolute Gasteiger partial charge is 0.276 e. The molecule has 19 nitrogen and oxygen atoms in total. The number of imidazole rings is 2. The van der Waals surface area contributed by atoms with Crippen molar-refractivity contribution in [2.45, 2.75) is 85.3 Å². The fourth-order valence-electron chi connectivity index (χ4n) is 7.23. The maximum atomic E-state index is 13.9. The summed E-state index contributed by atoms with van der Waals surface area (Å²) in [4.78, 5) is 60.4. The summed E-state index contributed by atoms with van der Waals surface area (Å²) < 4.78 is 12.4. The zero-order chi connectivity index (χ0) is 40.7. The number of aromatic nitrogens is 8. The molecule has 0 saturated heterocycles. The molecule has 298 valence electrons. The monoisotopic (exact) mass is 780 g/mol. The zero-order valence-corrected chi connectivity index (χ0v) is 31.9. The quantitative estimate of drug-likeness (QED) is 0.0880. The number of hydrogen-bond acceptors (Lipinski definition) is 11. The molecule has 1 aliphatic rings. The third-order valence-corrected chi connectivity index (χ3v) is 9.99. The molecule has 0 radical (unpaired) electrons. The number of rotatable bonds is 15. The lowest BCUT2D eigenvalue weighted by Crippen LogP contribution is -2.31. The SMILES string of the molecule is CCCn1c(NC(=O)c2cc(C)nn2CCC(O)C(O)Cc2c(C)nn(CC)c2C(=O)Nc2nc3cc(C(N)=O)cc4c3n2CCO4)nc2cc(C(N)=O)ccc21. The lowest BCUT2D eigenvalue weighted by Gasteiger charge is -2.20. The molecule has 0 fully saturated rings. The topological polar surface area (TPSA) is 265 Å². The number of primary amides is 2. The largest absolute Gasteiger partial charge is 0.489 e. The van der Waals surface area contributed by atoms with E-state index in [0.29, 0.717) is 70.4 Å². The maximum Gasteiger partial charge on any atom is 0.276 e. The van der Waals surface area contributed by atoms with E-state index in [2.05, 4.69) is 30.8 Å². The van der Waals surface area contributed by atoms with E-state index in [4.69, 9.17) is 16.2 Å². The molecule has 0 aliphatic carbocycles. The average Bonchev–Trinajstić information content (AvgIpc) is 3.92. The minimum Gasteiger partial charge on any atom is -0.489 e. The van der Waals surface area contributed by atoms with Crippen LogP contribution < -0.4 is 26.8 Å². The average molecular weight is 781 g/mol. The van der Waals surface area contributed by atoms with Crippen LogP contribution in [0.4, 0.5) is 11.9 Å². The van der Waals surface area contributed by atoms with Crippen molar-refractivity contribution in [3.05, 3.63) is 75.9 Å². The molecule has 7 rings (SSSR count). The van der Waals surface area contributed by atoms with Crippen LogP contribution in [0.15, 0.2) is 36.4 Å². The van der Waals surface area contributed by atoms with Crippen molar-refractivity contribution in [3.63, 3.8) is 0 Å².